The summed E-state index contributed by atoms with van der Waals surface area (Å²) in [7, 11) is 0. The zero-order valence-corrected chi connectivity index (χ0v) is 9.02. The van der Waals surface area contributed by atoms with Gasteiger partial charge in [-0.15, -0.1) is 11.6 Å². The van der Waals surface area contributed by atoms with E-state index in [1.165, 1.54) is 25.7 Å². The Hall–Kier alpha value is -0.240. The van der Waals surface area contributed by atoms with Crippen LogP contribution in [0.1, 0.15) is 39.0 Å². The summed E-state index contributed by atoms with van der Waals surface area (Å²) in [5, 5.41) is 0. The highest BCUT2D eigenvalue weighted by Gasteiger charge is 2.24. The molecule has 0 saturated heterocycles. The summed E-state index contributed by atoms with van der Waals surface area (Å²) < 4.78 is 0. The number of carbonyl (C=O) groups excluding carboxylic acids is 1. The molecule has 0 radical (unpaired) electrons. The molecule has 2 nitrogen and oxygen atoms in total. The molecule has 3 heteroatoms. The van der Waals surface area contributed by atoms with Crippen LogP contribution in [0.4, 0.5) is 0 Å². The third-order valence-electron chi connectivity index (χ3n) is 2.71. The fraction of sp³-hybridized carbons (Fsp3) is 0.900. The van der Waals surface area contributed by atoms with Crippen molar-refractivity contribution < 1.29 is 4.79 Å². The van der Waals surface area contributed by atoms with Crippen molar-refractivity contribution in [3.63, 3.8) is 0 Å². The Labute approximate surface area is 85.2 Å². The average Bonchev–Trinajstić information content (AvgIpc) is 2.65. The average molecular weight is 204 g/mol. The minimum Gasteiger partial charge on any atom is -0.339 e. The van der Waals surface area contributed by atoms with Crippen molar-refractivity contribution in [2.24, 2.45) is 0 Å². The lowest BCUT2D eigenvalue weighted by Gasteiger charge is -2.27. The van der Waals surface area contributed by atoms with Gasteiger partial charge in [-0.1, -0.05) is 19.8 Å². The van der Waals surface area contributed by atoms with Crippen LogP contribution >= 0.6 is 11.6 Å². The molecule has 1 fully saturated rings. The predicted octanol–water partition coefficient (Wildman–Crippen LogP) is 2.41. The second-order valence-electron chi connectivity index (χ2n) is 3.57. The minimum atomic E-state index is 0.257. The Balaban J connectivity index is 2.49. The largest absolute Gasteiger partial charge is 0.339 e. The maximum Gasteiger partial charge on any atom is 0.222 e. The van der Waals surface area contributed by atoms with Crippen LogP contribution in [0.25, 0.3) is 0 Å². The number of nitrogens with zero attached hydrogens (tertiary/aromatic N) is 1. The zero-order valence-electron chi connectivity index (χ0n) is 8.26. The van der Waals surface area contributed by atoms with Crippen LogP contribution < -0.4 is 0 Å². The minimum absolute atomic E-state index is 0.257. The lowest BCUT2D eigenvalue weighted by atomic mass is 10.2. The first-order chi connectivity index (χ1) is 6.29. The molecule has 0 unspecified atom stereocenters. The van der Waals surface area contributed by atoms with E-state index in [-0.39, 0.29) is 5.91 Å². The Morgan fingerprint density at radius 1 is 1.46 bits per heavy atom. The first-order valence-electron chi connectivity index (χ1n) is 5.15. The third-order valence-corrected chi connectivity index (χ3v) is 2.88. The van der Waals surface area contributed by atoms with Crippen LogP contribution in [0.5, 0.6) is 0 Å². The molecule has 1 amide bonds. The number of halogens is 1. The molecule has 1 aliphatic carbocycles. The van der Waals surface area contributed by atoms with Gasteiger partial charge in [-0.05, 0) is 12.8 Å². The highest BCUT2D eigenvalue weighted by Crippen LogP contribution is 2.23. The standard InChI is InChI=1S/C10H18ClNO/c1-2-10(13)12(8-7-11)9-5-3-4-6-9/h9H,2-8H2,1H3. The fourth-order valence-corrected chi connectivity index (χ4v) is 2.20. The van der Waals surface area contributed by atoms with Crippen LogP contribution in [-0.4, -0.2) is 29.3 Å². The molecule has 0 bridgehead atoms. The van der Waals surface area contributed by atoms with Gasteiger partial charge < -0.3 is 4.90 Å². The van der Waals surface area contributed by atoms with Crippen molar-refractivity contribution in [2.75, 3.05) is 12.4 Å². The van der Waals surface area contributed by atoms with Gasteiger partial charge in [0.25, 0.3) is 0 Å². The predicted molar refractivity (Wildman–Crippen MR) is 55.0 cm³/mol. The molecule has 76 valence electrons. The molecular weight excluding hydrogens is 186 g/mol. The Kier molecular flexibility index (Phi) is 4.57. The van der Waals surface area contributed by atoms with E-state index in [1.54, 1.807) is 0 Å². The second-order valence-corrected chi connectivity index (χ2v) is 3.95. The Bertz CT molecular complexity index is 166. The molecule has 0 atom stereocenters. The molecule has 0 aromatic rings. The van der Waals surface area contributed by atoms with Gasteiger partial charge in [0.05, 0.1) is 0 Å². The van der Waals surface area contributed by atoms with Gasteiger partial charge in [-0.2, -0.15) is 0 Å². The molecule has 0 heterocycles. The number of rotatable bonds is 4. The van der Waals surface area contributed by atoms with Crippen molar-refractivity contribution in [3.8, 4) is 0 Å². The van der Waals surface area contributed by atoms with Crippen LogP contribution in [0.2, 0.25) is 0 Å². The van der Waals surface area contributed by atoms with E-state index in [1.807, 2.05) is 11.8 Å². The summed E-state index contributed by atoms with van der Waals surface area (Å²) in [5.41, 5.74) is 0. The summed E-state index contributed by atoms with van der Waals surface area (Å²) in [4.78, 5) is 13.5. The smallest absolute Gasteiger partial charge is 0.222 e. The SMILES string of the molecule is CCC(=O)N(CCCl)C1CCCC1. The van der Waals surface area contributed by atoms with Crippen LogP contribution in [-0.2, 0) is 4.79 Å². The van der Waals surface area contributed by atoms with Gasteiger partial charge in [0.1, 0.15) is 0 Å². The van der Waals surface area contributed by atoms with Gasteiger partial charge in [0.2, 0.25) is 5.91 Å². The maximum absolute atomic E-state index is 11.6. The normalized spacial score (nSPS) is 17.7. The van der Waals surface area contributed by atoms with Crippen molar-refractivity contribution >= 4 is 17.5 Å². The quantitative estimate of drug-likeness (QED) is 0.643. The molecule has 13 heavy (non-hydrogen) atoms. The molecule has 0 N–H and O–H groups in total. The number of hydrogen-bond acceptors (Lipinski definition) is 1. The summed E-state index contributed by atoms with van der Waals surface area (Å²) in [6, 6.07) is 0.478. The van der Waals surface area contributed by atoms with Gasteiger partial charge in [0, 0.05) is 24.9 Å². The lowest BCUT2D eigenvalue weighted by molar-refractivity contribution is -0.132. The van der Waals surface area contributed by atoms with Crippen molar-refractivity contribution in [3.05, 3.63) is 0 Å². The van der Waals surface area contributed by atoms with E-state index in [9.17, 15) is 4.79 Å². The number of carbonyl (C=O) groups is 1. The van der Waals surface area contributed by atoms with E-state index in [2.05, 4.69) is 0 Å². The van der Waals surface area contributed by atoms with E-state index in [0.717, 1.165) is 6.54 Å². The number of alkyl halides is 1. The van der Waals surface area contributed by atoms with Crippen molar-refractivity contribution in [1.29, 1.82) is 0 Å². The highest BCUT2D eigenvalue weighted by atomic mass is 35.5. The first-order valence-corrected chi connectivity index (χ1v) is 5.68. The molecule has 1 rings (SSSR count). The summed E-state index contributed by atoms with van der Waals surface area (Å²) >= 11 is 5.68. The fourth-order valence-electron chi connectivity index (χ4n) is 2.02. The van der Waals surface area contributed by atoms with Crippen molar-refractivity contribution in [2.45, 2.75) is 45.1 Å². The molecule has 1 aliphatic rings. The van der Waals surface area contributed by atoms with Gasteiger partial charge in [-0.25, -0.2) is 0 Å². The molecule has 0 aromatic heterocycles. The molecule has 0 aromatic carbocycles. The summed E-state index contributed by atoms with van der Waals surface area (Å²) in [5.74, 6) is 0.815. The molecule has 0 spiro atoms. The monoisotopic (exact) mass is 203 g/mol. The molecular formula is C10H18ClNO. The van der Waals surface area contributed by atoms with Crippen LogP contribution in [0.15, 0.2) is 0 Å². The van der Waals surface area contributed by atoms with Crippen LogP contribution in [0, 0.1) is 0 Å². The van der Waals surface area contributed by atoms with Crippen molar-refractivity contribution in [1.82, 2.24) is 4.90 Å². The van der Waals surface area contributed by atoms with E-state index in [0.29, 0.717) is 18.3 Å². The van der Waals surface area contributed by atoms with Crippen LogP contribution in [0.3, 0.4) is 0 Å². The molecule has 0 aliphatic heterocycles. The number of amides is 1. The Morgan fingerprint density at radius 2 is 2.08 bits per heavy atom. The van der Waals surface area contributed by atoms with Gasteiger partial charge in [-0.3, -0.25) is 4.79 Å². The second kappa shape index (κ2) is 5.48. The maximum atomic E-state index is 11.6. The van der Waals surface area contributed by atoms with E-state index in [4.69, 9.17) is 11.6 Å². The van der Waals surface area contributed by atoms with E-state index >= 15 is 0 Å². The van der Waals surface area contributed by atoms with Gasteiger partial charge >= 0.3 is 0 Å². The highest BCUT2D eigenvalue weighted by molar-refractivity contribution is 6.18. The third kappa shape index (κ3) is 2.87. The molecule has 1 saturated carbocycles. The first kappa shape index (κ1) is 10.8. The summed E-state index contributed by atoms with van der Waals surface area (Å²) in [6.45, 7) is 2.64. The zero-order chi connectivity index (χ0) is 9.68. The Morgan fingerprint density at radius 3 is 2.54 bits per heavy atom. The lowest BCUT2D eigenvalue weighted by Crippen LogP contribution is -2.39. The topological polar surface area (TPSA) is 20.3 Å². The van der Waals surface area contributed by atoms with Gasteiger partial charge in [0.15, 0.2) is 0 Å². The van der Waals surface area contributed by atoms with E-state index < -0.39 is 0 Å². The number of hydrogen-bond donors (Lipinski definition) is 0. The summed E-state index contributed by atoms with van der Waals surface area (Å²) in [6.07, 6.45) is 5.47.